The van der Waals surface area contributed by atoms with E-state index in [0.717, 1.165) is 37.3 Å². The number of rotatable bonds is 1. The van der Waals surface area contributed by atoms with Crippen LogP contribution in [0.1, 0.15) is 32.6 Å². The highest BCUT2D eigenvalue weighted by Crippen LogP contribution is 2.15. The molecule has 1 amide bonds. The van der Waals surface area contributed by atoms with Gasteiger partial charge in [-0.15, -0.1) is 0 Å². The molecule has 1 fully saturated rings. The normalized spacial score (nSPS) is 18.1. The Labute approximate surface area is 102 Å². The van der Waals surface area contributed by atoms with Crippen LogP contribution in [0.5, 0.6) is 0 Å². The van der Waals surface area contributed by atoms with Crippen LogP contribution in [0.25, 0.3) is 0 Å². The van der Waals surface area contributed by atoms with Crippen LogP contribution in [-0.4, -0.2) is 23.2 Å². The smallest absolute Gasteiger partial charge is 0.227 e. The van der Waals surface area contributed by atoms with E-state index in [0.29, 0.717) is 6.42 Å². The second-order valence-electron chi connectivity index (χ2n) is 4.35. The van der Waals surface area contributed by atoms with Gasteiger partial charge in [0.1, 0.15) is 5.84 Å². The maximum Gasteiger partial charge on any atom is 0.227 e. The second-order valence-corrected chi connectivity index (χ2v) is 4.35. The van der Waals surface area contributed by atoms with Gasteiger partial charge in [-0.3, -0.25) is 4.79 Å². The Balaban J connectivity index is 2.15. The Hall–Kier alpha value is -1.64. The molecule has 3 heteroatoms. The number of nitrogens with zero attached hydrogens (tertiary/aromatic N) is 2. The van der Waals surface area contributed by atoms with Crippen molar-refractivity contribution in [1.29, 1.82) is 0 Å². The van der Waals surface area contributed by atoms with Crippen molar-refractivity contribution in [1.82, 2.24) is 4.90 Å². The lowest BCUT2D eigenvalue weighted by Crippen LogP contribution is -2.34. The van der Waals surface area contributed by atoms with Crippen LogP contribution in [0.2, 0.25) is 0 Å². The number of hydrogen-bond acceptors (Lipinski definition) is 2. The molecule has 1 saturated heterocycles. The number of carbonyl (C=O) groups is 1. The minimum Gasteiger partial charge on any atom is -0.301 e. The Kier molecular flexibility index (Phi) is 3.91. The highest BCUT2D eigenvalue weighted by molar-refractivity contribution is 5.98. The third-order valence-corrected chi connectivity index (χ3v) is 3.01. The number of aliphatic imine (C=N–C) groups is 1. The number of amidine groups is 1. The zero-order valence-corrected chi connectivity index (χ0v) is 10.2. The summed E-state index contributed by atoms with van der Waals surface area (Å²) in [7, 11) is 0. The Bertz CT molecular complexity index is 411. The van der Waals surface area contributed by atoms with Gasteiger partial charge < -0.3 is 4.90 Å². The summed E-state index contributed by atoms with van der Waals surface area (Å²) in [4.78, 5) is 18.2. The highest BCUT2D eigenvalue weighted by atomic mass is 16.2. The molecule has 1 aromatic carbocycles. The number of para-hydroxylation sites is 1. The van der Waals surface area contributed by atoms with Gasteiger partial charge >= 0.3 is 0 Å². The summed E-state index contributed by atoms with van der Waals surface area (Å²) in [6.07, 6.45) is 3.88. The fourth-order valence-corrected chi connectivity index (χ4v) is 2.07. The molecule has 0 spiro atoms. The van der Waals surface area contributed by atoms with Crippen molar-refractivity contribution in [3.8, 4) is 0 Å². The molecule has 1 aliphatic rings. The standard InChI is InChI=1S/C14H18N2O/c1-12(15-13-8-4-2-5-9-13)16-11-7-3-6-10-14(16)17/h2,4-5,8-9H,3,6-7,10-11H2,1H3. The van der Waals surface area contributed by atoms with Crippen molar-refractivity contribution in [2.24, 2.45) is 4.99 Å². The summed E-state index contributed by atoms with van der Waals surface area (Å²) in [5, 5.41) is 0. The minimum atomic E-state index is 0.208. The molecule has 90 valence electrons. The molecule has 0 saturated carbocycles. The molecule has 1 aliphatic heterocycles. The average molecular weight is 230 g/mol. The monoisotopic (exact) mass is 230 g/mol. The van der Waals surface area contributed by atoms with Gasteiger partial charge in [0.25, 0.3) is 0 Å². The number of amides is 1. The molecule has 0 radical (unpaired) electrons. The molecule has 0 bridgehead atoms. The van der Waals surface area contributed by atoms with Gasteiger partial charge in [-0.1, -0.05) is 24.6 Å². The van der Waals surface area contributed by atoms with Crippen LogP contribution in [0, 0.1) is 0 Å². The fourth-order valence-electron chi connectivity index (χ4n) is 2.07. The minimum absolute atomic E-state index is 0.208. The van der Waals surface area contributed by atoms with Crippen LogP contribution < -0.4 is 0 Å². The van der Waals surface area contributed by atoms with Gasteiger partial charge in [-0.2, -0.15) is 0 Å². The van der Waals surface area contributed by atoms with Gasteiger partial charge in [0.05, 0.1) is 5.69 Å². The van der Waals surface area contributed by atoms with Crippen LogP contribution in [0.15, 0.2) is 35.3 Å². The Morgan fingerprint density at radius 1 is 1.18 bits per heavy atom. The molecule has 1 heterocycles. The number of benzene rings is 1. The molecule has 0 unspecified atom stereocenters. The topological polar surface area (TPSA) is 32.7 Å². The molecule has 0 atom stereocenters. The van der Waals surface area contributed by atoms with E-state index in [2.05, 4.69) is 4.99 Å². The summed E-state index contributed by atoms with van der Waals surface area (Å²) in [5.74, 6) is 1.02. The van der Waals surface area contributed by atoms with E-state index in [1.165, 1.54) is 0 Å². The van der Waals surface area contributed by atoms with Crippen LogP contribution in [-0.2, 0) is 4.79 Å². The molecular formula is C14H18N2O. The van der Waals surface area contributed by atoms with Gasteiger partial charge in [-0.25, -0.2) is 4.99 Å². The van der Waals surface area contributed by atoms with E-state index in [9.17, 15) is 4.79 Å². The predicted molar refractivity (Wildman–Crippen MR) is 69.4 cm³/mol. The number of hydrogen-bond donors (Lipinski definition) is 0. The van der Waals surface area contributed by atoms with Gasteiger partial charge in [-0.05, 0) is 31.9 Å². The predicted octanol–water partition coefficient (Wildman–Crippen LogP) is 3.14. The third kappa shape index (κ3) is 3.16. The van der Waals surface area contributed by atoms with Gasteiger partial charge in [0.15, 0.2) is 0 Å². The second kappa shape index (κ2) is 5.62. The van der Waals surface area contributed by atoms with Crippen LogP contribution >= 0.6 is 0 Å². The number of carbonyl (C=O) groups excluding carboxylic acids is 1. The summed E-state index contributed by atoms with van der Waals surface area (Å²) < 4.78 is 0. The average Bonchev–Trinajstić information content (AvgIpc) is 2.55. The highest BCUT2D eigenvalue weighted by Gasteiger charge is 2.18. The van der Waals surface area contributed by atoms with E-state index < -0.39 is 0 Å². The maximum absolute atomic E-state index is 11.9. The Morgan fingerprint density at radius 2 is 1.94 bits per heavy atom. The fraction of sp³-hybridized carbons (Fsp3) is 0.429. The van der Waals surface area contributed by atoms with Crippen molar-refractivity contribution >= 4 is 17.4 Å². The summed E-state index contributed by atoms with van der Waals surface area (Å²) in [6, 6.07) is 9.77. The molecule has 2 rings (SSSR count). The third-order valence-electron chi connectivity index (χ3n) is 3.01. The summed E-state index contributed by atoms with van der Waals surface area (Å²) >= 11 is 0. The van der Waals surface area contributed by atoms with Crippen LogP contribution in [0.3, 0.4) is 0 Å². The van der Waals surface area contributed by atoms with E-state index in [-0.39, 0.29) is 5.91 Å². The summed E-state index contributed by atoms with van der Waals surface area (Å²) in [6.45, 7) is 2.72. The van der Waals surface area contributed by atoms with Crippen molar-refractivity contribution in [2.75, 3.05) is 6.54 Å². The van der Waals surface area contributed by atoms with Crippen molar-refractivity contribution in [2.45, 2.75) is 32.6 Å². The number of likely N-dealkylation sites (tertiary alicyclic amines) is 1. The molecule has 17 heavy (non-hydrogen) atoms. The Morgan fingerprint density at radius 3 is 2.71 bits per heavy atom. The lowest BCUT2D eigenvalue weighted by molar-refractivity contribution is -0.126. The van der Waals surface area contributed by atoms with Crippen molar-refractivity contribution in [3.05, 3.63) is 30.3 Å². The van der Waals surface area contributed by atoms with Crippen molar-refractivity contribution < 1.29 is 4.79 Å². The zero-order chi connectivity index (χ0) is 12.1. The van der Waals surface area contributed by atoms with E-state index >= 15 is 0 Å². The summed E-state index contributed by atoms with van der Waals surface area (Å²) in [5.41, 5.74) is 0.905. The molecule has 0 aromatic heterocycles. The van der Waals surface area contributed by atoms with Gasteiger partial charge in [0, 0.05) is 13.0 Å². The molecule has 0 N–H and O–H groups in total. The van der Waals surface area contributed by atoms with E-state index in [1.54, 1.807) is 0 Å². The first-order chi connectivity index (χ1) is 8.27. The molecule has 0 aliphatic carbocycles. The first-order valence-electron chi connectivity index (χ1n) is 6.18. The molecular weight excluding hydrogens is 212 g/mol. The van der Waals surface area contributed by atoms with E-state index in [1.807, 2.05) is 42.2 Å². The first kappa shape index (κ1) is 11.8. The quantitative estimate of drug-likeness (QED) is 0.539. The van der Waals surface area contributed by atoms with E-state index in [4.69, 9.17) is 0 Å². The largest absolute Gasteiger partial charge is 0.301 e. The lowest BCUT2D eigenvalue weighted by Gasteiger charge is -2.19. The molecule has 1 aromatic rings. The SMILES string of the molecule is CC(=Nc1ccccc1)N1CCCCCC1=O. The van der Waals surface area contributed by atoms with Gasteiger partial charge in [0.2, 0.25) is 5.91 Å². The lowest BCUT2D eigenvalue weighted by atomic mass is 10.2. The van der Waals surface area contributed by atoms with Crippen LogP contribution in [0.4, 0.5) is 5.69 Å². The maximum atomic E-state index is 11.9. The zero-order valence-electron chi connectivity index (χ0n) is 10.2. The molecule has 3 nitrogen and oxygen atoms in total. The van der Waals surface area contributed by atoms with Crippen molar-refractivity contribution in [3.63, 3.8) is 0 Å². The first-order valence-corrected chi connectivity index (χ1v) is 6.18.